The van der Waals surface area contributed by atoms with Crippen molar-refractivity contribution in [1.82, 2.24) is 9.88 Å². The van der Waals surface area contributed by atoms with Gasteiger partial charge in [-0.15, -0.1) is 22.7 Å². The van der Waals surface area contributed by atoms with Gasteiger partial charge >= 0.3 is 0 Å². The summed E-state index contributed by atoms with van der Waals surface area (Å²) in [6.07, 6.45) is 0.966. The van der Waals surface area contributed by atoms with E-state index in [0.29, 0.717) is 25.9 Å². The molecule has 3 heterocycles. The zero-order valence-corrected chi connectivity index (χ0v) is 12.8. The first-order valence-corrected chi connectivity index (χ1v) is 8.28. The molecule has 0 aromatic carbocycles. The maximum Gasteiger partial charge on any atom is 0.228 e. The third kappa shape index (κ3) is 2.92. The predicted octanol–water partition coefficient (Wildman–Crippen LogP) is 2.40. The summed E-state index contributed by atoms with van der Waals surface area (Å²) in [5.74, 6) is 0.0470. The molecule has 1 atom stereocenters. The summed E-state index contributed by atoms with van der Waals surface area (Å²) in [7, 11) is 0. The lowest BCUT2D eigenvalue weighted by atomic mass is 10.1. The van der Waals surface area contributed by atoms with Crippen molar-refractivity contribution >= 4 is 28.6 Å². The monoisotopic (exact) mass is 308 g/mol. The van der Waals surface area contributed by atoms with Crippen LogP contribution in [0.2, 0.25) is 0 Å². The van der Waals surface area contributed by atoms with E-state index >= 15 is 0 Å². The van der Waals surface area contributed by atoms with Crippen molar-refractivity contribution in [3.8, 4) is 9.88 Å². The van der Waals surface area contributed by atoms with E-state index < -0.39 is 5.60 Å². The van der Waals surface area contributed by atoms with Crippen LogP contribution in [0.4, 0.5) is 0 Å². The van der Waals surface area contributed by atoms with Gasteiger partial charge in [-0.2, -0.15) is 0 Å². The Hall–Kier alpha value is -1.24. The summed E-state index contributed by atoms with van der Waals surface area (Å²) in [6.45, 7) is 2.83. The second-order valence-corrected chi connectivity index (χ2v) is 7.17. The zero-order valence-electron chi connectivity index (χ0n) is 11.2. The van der Waals surface area contributed by atoms with E-state index in [-0.39, 0.29) is 5.91 Å². The highest BCUT2D eigenvalue weighted by atomic mass is 32.1. The number of carbonyl (C=O) groups is 1. The minimum Gasteiger partial charge on any atom is -0.388 e. The van der Waals surface area contributed by atoms with Crippen molar-refractivity contribution in [3.63, 3.8) is 0 Å². The summed E-state index contributed by atoms with van der Waals surface area (Å²) in [6, 6.07) is 4.03. The molecule has 4 nitrogen and oxygen atoms in total. The lowest BCUT2D eigenvalue weighted by Crippen LogP contribution is -2.34. The molecule has 0 aliphatic carbocycles. The highest BCUT2D eigenvalue weighted by molar-refractivity contribution is 7.20. The first kappa shape index (κ1) is 13.7. The van der Waals surface area contributed by atoms with Gasteiger partial charge in [-0.25, -0.2) is 4.98 Å². The van der Waals surface area contributed by atoms with E-state index in [9.17, 15) is 9.90 Å². The van der Waals surface area contributed by atoms with E-state index in [1.165, 1.54) is 0 Å². The molecule has 1 N–H and O–H groups in total. The molecule has 20 heavy (non-hydrogen) atoms. The van der Waals surface area contributed by atoms with Gasteiger partial charge < -0.3 is 10.0 Å². The first-order valence-electron chi connectivity index (χ1n) is 6.52. The molecule has 0 saturated carbocycles. The molecule has 1 aliphatic rings. The Morgan fingerprint density at radius 3 is 3.05 bits per heavy atom. The van der Waals surface area contributed by atoms with Crippen LogP contribution in [-0.4, -0.2) is 39.6 Å². The van der Waals surface area contributed by atoms with E-state index in [1.807, 2.05) is 22.9 Å². The molecule has 6 heteroatoms. The van der Waals surface area contributed by atoms with Crippen LogP contribution in [0, 0.1) is 0 Å². The van der Waals surface area contributed by atoms with Crippen LogP contribution in [0.5, 0.6) is 0 Å². The van der Waals surface area contributed by atoms with Crippen molar-refractivity contribution in [3.05, 3.63) is 28.6 Å². The SMILES string of the molecule is CC1(O)CCN(C(=O)Cc2csc(-c3cccs3)n2)C1. The average molecular weight is 308 g/mol. The Kier molecular flexibility index (Phi) is 3.62. The number of carbonyl (C=O) groups excluding carboxylic acids is 1. The van der Waals surface area contributed by atoms with E-state index in [2.05, 4.69) is 4.98 Å². The number of hydrogen-bond acceptors (Lipinski definition) is 5. The maximum absolute atomic E-state index is 12.2. The van der Waals surface area contributed by atoms with Crippen molar-refractivity contribution in [2.75, 3.05) is 13.1 Å². The largest absolute Gasteiger partial charge is 0.388 e. The highest BCUT2D eigenvalue weighted by Crippen LogP contribution is 2.28. The van der Waals surface area contributed by atoms with Crippen LogP contribution in [0.15, 0.2) is 22.9 Å². The number of amides is 1. The molecule has 2 aromatic heterocycles. The Morgan fingerprint density at radius 1 is 1.55 bits per heavy atom. The van der Waals surface area contributed by atoms with Gasteiger partial charge in [-0.3, -0.25) is 4.79 Å². The number of β-amino-alcohol motifs (C(OH)–C–C–N with tert-alkyl or cyclic N) is 1. The summed E-state index contributed by atoms with van der Waals surface area (Å²) in [5, 5.41) is 14.8. The lowest BCUT2D eigenvalue weighted by molar-refractivity contribution is -0.130. The fourth-order valence-electron chi connectivity index (χ4n) is 2.33. The Morgan fingerprint density at radius 2 is 2.40 bits per heavy atom. The van der Waals surface area contributed by atoms with E-state index in [4.69, 9.17) is 0 Å². The van der Waals surface area contributed by atoms with Crippen LogP contribution < -0.4 is 0 Å². The molecular weight excluding hydrogens is 292 g/mol. The number of aromatic nitrogens is 1. The third-order valence-electron chi connectivity index (χ3n) is 3.42. The summed E-state index contributed by atoms with van der Waals surface area (Å²) >= 11 is 3.22. The number of nitrogens with zero attached hydrogens (tertiary/aromatic N) is 2. The van der Waals surface area contributed by atoms with Crippen molar-refractivity contribution < 1.29 is 9.90 Å². The van der Waals surface area contributed by atoms with Crippen molar-refractivity contribution in [1.29, 1.82) is 0 Å². The molecule has 0 radical (unpaired) electrons. The fraction of sp³-hybridized carbons (Fsp3) is 0.429. The number of rotatable bonds is 3. The molecule has 1 unspecified atom stereocenters. The van der Waals surface area contributed by atoms with Crippen molar-refractivity contribution in [2.45, 2.75) is 25.4 Å². The summed E-state index contributed by atoms with van der Waals surface area (Å²) in [5.41, 5.74) is 0.0785. The van der Waals surface area contributed by atoms with Crippen LogP contribution in [0.25, 0.3) is 9.88 Å². The molecule has 106 valence electrons. The standard InChI is InChI=1S/C14H16N2O2S2/c1-14(18)4-5-16(9-14)12(17)7-10-8-20-13(15-10)11-3-2-6-19-11/h2-3,6,8,18H,4-5,7,9H2,1H3. The average Bonchev–Trinajstić information content (AvgIpc) is 3.07. The Bertz CT molecular complexity index is 604. The van der Waals surface area contributed by atoms with Gasteiger partial charge in [0.25, 0.3) is 0 Å². The normalized spacial score (nSPS) is 22.4. The minimum atomic E-state index is -0.736. The van der Waals surface area contributed by atoms with Gasteiger partial charge in [0, 0.05) is 18.5 Å². The van der Waals surface area contributed by atoms with Gasteiger partial charge in [-0.1, -0.05) is 6.07 Å². The minimum absolute atomic E-state index is 0.0470. The second kappa shape index (κ2) is 5.27. The molecule has 0 spiro atoms. The van der Waals surface area contributed by atoms with Crippen LogP contribution in [-0.2, 0) is 11.2 Å². The van der Waals surface area contributed by atoms with Gasteiger partial charge in [0.2, 0.25) is 5.91 Å². The molecule has 1 fully saturated rings. The molecule has 0 bridgehead atoms. The number of thiazole rings is 1. The topological polar surface area (TPSA) is 53.4 Å². The van der Waals surface area contributed by atoms with Crippen LogP contribution in [0.1, 0.15) is 19.0 Å². The number of hydrogen-bond donors (Lipinski definition) is 1. The molecular formula is C14H16N2O2S2. The summed E-state index contributed by atoms with van der Waals surface area (Å²) < 4.78 is 0. The molecule has 1 amide bonds. The smallest absolute Gasteiger partial charge is 0.228 e. The van der Waals surface area contributed by atoms with E-state index in [1.54, 1.807) is 34.5 Å². The molecule has 1 saturated heterocycles. The fourth-order valence-corrected chi connectivity index (χ4v) is 3.96. The van der Waals surface area contributed by atoms with Crippen molar-refractivity contribution in [2.24, 2.45) is 0 Å². The van der Waals surface area contributed by atoms with Gasteiger partial charge in [0.05, 0.1) is 22.6 Å². The second-order valence-electron chi connectivity index (χ2n) is 5.36. The quantitative estimate of drug-likeness (QED) is 0.947. The van der Waals surface area contributed by atoms with Gasteiger partial charge in [-0.05, 0) is 24.8 Å². The van der Waals surface area contributed by atoms with Crippen LogP contribution in [0.3, 0.4) is 0 Å². The van der Waals surface area contributed by atoms with Gasteiger partial charge in [0.1, 0.15) is 5.01 Å². The van der Waals surface area contributed by atoms with Crippen LogP contribution >= 0.6 is 22.7 Å². The highest BCUT2D eigenvalue weighted by Gasteiger charge is 2.33. The predicted molar refractivity (Wildman–Crippen MR) is 81.0 cm³/mol. The lowest BCUT2D eigenvalue weighted by Gasteiger charge is -2.18. The van der Waals surface area contributed by atoms with Gasteiger partial charge in [0.15, 0.2) is 0 Å². The maximum atomic E-state index is 12.2. The Balaban J connectivity index is 1.65. The summed E-state index contributed by atoms with van der Waals surface area (Å²) in [4.78, 5) is 19.6. The van der Waals surface area contributed by atoms with E-state index in [0.717, 1.165) is 15.6 Å². The zero-order chi connectivity index (χ0) is 14.2. The third-order valence-corrected chi connectivity index (χ3v) is 5.35. The molecule has 1 aliphatic heterocycles. The first-order chi connectivity index (χ1) is 9.53. The molecule has 2 aromatic rings. The number of aliphatic hydroxyl groups is 1. The Labute approximate surface area is 125 Å². The number of thiophene rings is 1. The molecule has 3 rings (SSSR count). The number of likely N-dealkylation sites (tertiary alicyclic amines) is 1.